The number of aromatic nitrogens is 3. The van der Waals surface area contributed by atoms with Gasteiger partial charge in [0.15, 0.2) is 11.5 Å². The number of carbonyl (C=O) groups excluding carboxylic acids is 2. The smallest absolute Gasteiger partial charge is 0.426 e. The van der Waals surface area contributed by atoms with Crippen molar-refractivity contribution in [1.82, 2.24) is 15.2 Å². The van der Waals surface area contributed by atoms with Crippen molar-refractivity contribution in [3.63, 3.8) is 0 Å². The van der Waals surface area contributed by atoms with Crippen LogP contribution in [0.4, 0.5) is 36.8 Å². The number of benzene rings is 1. The lowest BCUT2D eigenvalue weighted by Crippen LogP contribution is -2.45. The molecule has 3 aromatic rings. The molecule has 2 N–H and O–H groups in total. The highest BCUT2D eigenvalue weighted by atomic mass is 19.4. The number of carbonyl (C=O) groups is 2. The Bertz CT molecular complexity index is 1520. The molecule has 16 heteroatoms. The zero-order valence-corrected chi connectivity index (χ0v) is 24.4. The SMILES string of the molecule is CC(C)(C)OC(=O)Nc1cc(C(F)(F)F)c2nc1-c1nnc(o1)C(OCc1ccccc1)(C(F)(F)F)CCC(O)CCCC2=O. The van der Waals surface area contributed by atoms with Gasteiger partial charge in [-0.1, -0.05) is 30.3 Å². The van der Waals surface area contributed by atoms with Crippen LogP contribution in [0.15, 0.2) is 40.8 Å². The number of Topliss-reactive ketones (excluding diaryl/α,β-unsaturated/α-hetero) is 1. The van der Waals surface area contributed by atoms with Crippen molar-refractivity contribution < 1.29 is 54.9 Å². The van der Waals surface area contributed by atoms with Gasteiger partial charge in [0.1, 0.15) is 11.3 Å². The van der Waals surface area contributed by atoms with Crippen LogP contribution >= 0.6 is 0 Å². The van der Waals surface area contributed by atoms with E-state index in [4.69, 9.17) is 13.9 Å². The standard InChI is InChI=1S/C29H30F6N4O6/c1-26(2,3)45-25(42)36-19-14-18(28(30,31)32)21-20(41)11-7-10-17(40)12-13-27(29(33,34)35,43-15-16-8-5-4-6-9-16)24-39-38-23(44-24)22(19)37-21/h4-6,8-9,14,17,40H,7,10-13,15H2,1-3H3,(H,36,42). The van der Waals surface area contributed by atoms with Crippen LogP contribution in [-0.4, -0.2) is 50.0 Å². The third kappa shape index (κ3) is 7.97. The minimum absolute atomic E-state index is 0.158. The average Bonchev–Trinajstić information content (AvgIpc) is 3.41. The molecule has 1 aromatic carbocycles. The highest BCUT2D eigenvalue weighted by Gasteiger charge is 2.61. The Labute approximate surface area is 253 Å². The zero-order valence-electron chi connectivity index (χ0n) is 24.4. The molecule has 0 aliphatic carbocycles. The van der Waals surface area contributed by atoms with Gasteiger partial charge >= 0.3 is 18.4 Å². The van der Waals surface area contributed by atoms with E-state index >= 15 is 0 Å². The van der Waals surface area contributed by atoms with Gasteiger partial charge in [-0.15, -0.1) is 10.2 Å². The van der Waals surface area contributed by atoms with Crippen LogP contribution < -0.4 is 5.32 Å². The van der Waals surface area contributed by atoms with Gasteiger partial charge in [-0.3, -0.25) is 10.1 Å². The topological polar surface area (TPSA) is 137 Å². The maximum Gasteiger partial charge on any atom is 0.426 e. The molecule has 0 fully saturated rings. The number of ketones is 1. The van der Waals surface area contributed by atoms with Crippen molar-refractivity contribution in [2.45, 2.75) is 89.1 Å². The maximum atomic E-state index is 14.9. The molecular formula is C29H30F6N4O6. The second-order valence-electron chi connectivity index (χ2n) is 11.4. The van der Waals surface area contributed by atoms with Crippen LogP contribution in [-0.2, 0) is 27.9 Å². The van der Waals surface area contributed by atoms with Crippen LogP contribution in [0.2, 0.25) is 0 Å². The number of alkyl halides is 6. The summed E-state index contributed by atoms with van der Waals surface area (Å²) in [5.41, 5.74) is -7.99. The zero-order chi connectivity index (χ0) is 33.2. The summed E-state index contributed by atoms with van der Waals surface area (Å²) in [5, 5.41) is 19.8. The van der Waals surface area contributed by atoms with Crippen LogP contribution in [0.25, 0.3) is 11.6 Å². The van der Waals surface area contributed by atoms with E-state index in [1.54, 1.807) is 18.2 Å². The van der Waals surface area contributed by atoms with Crippen molar-refractivity contribution in [3.05, 3.63) is 59.1 Å². The van der Waals surface area contributed by atoms with Crippen molar-refractivity contribution >= 4 is 17.6 Å². The fourth-order valence-electron chi connectivity index (χ4n) is 4.59. The van der Waals surface area contributed by atoms with Crippen molar-refractivity contribution in [2.75, 3.05) is 5.32 Å². The lowest BCUT2D eigenvalue weighted by atomic mass is 9.92. The molecule has 2 unspecified atom stereocenters. The molecule has 4 rings (SSSR count). The van der Waals surface area contributed by atoms with E-state index in [0.29, 0.717) is 11.6 Å². The first-order valence-corrected chi connectivity index (χ1v) is 13.8. The lowest BCUT2D eigenvalue weighted by Gasteiger charge is -2.33. The van der Waals surface area contributed by atoms with E-state index in [2.05, 4.69) is 20.5 Å². The number of ether oxygens (including phenoxy) is 2. The number of aliphatic hydroxyl groups excluding tert-OH is 1. The van der Waals surface area contributed by atoms with E-state index in [9.17, 15) is 41.0 Å². The van der Waals surface area contributed by atoms with Crippen LogP contribution in [0.3, 0.4) is 0 Å². The number of anilines is 1. The van der Waals surface area contributed by atoms with Crippen molar-refractivity contribution in [2.24, 2.45) is 0 Å². The highest BCUT2D eigenvalue weighted by Crippen LogP contribution is 2.47. The highest BCUT2D eigenvalue weighted by molar-refractivity contribution is 5.98. The van der Waals surface area contributed by atoms with E-state index in [0.717, 1.165) is 0 Å². The number of pyridine rings is 1. The number of nitrogens with zero attached hydrogens (tertiary/aromatic N) is 3. The minimum Gasteiger partial charge on any atom is -0.444 e. The van der Waals surface area contributed by atoms with Gasteiger partial charge in [0.05, 0.1) is 24.0 Å². The molecule has 0 radical (unpaired) electrons. The first-order chi connectivity index (χ1) is 20.9. The van der Waals surface area contributed by atoms with Gasteiger partial charge < -0.3 is 19.0 Å². The molecule has 1 aliphatic rings. The van der Waals surface area contributed by atoms with Gasteiger partial charge in [0.2, 0.25) is 5.60 Å². The first kappa shape index (κ1) is 33.8. The summed E-state index contributed by atoms with van der Waals surface area (Å²) < 4.78 is 103. The lowest BCUT2D eigenvalue weighted by molar-refractivity contribution is -0.300. The molecule has 0 spiro atoms. The van der Waals surface area contributed by atoms with Crippen LogP contribution in [0.5, 0.6) is 0 Å². The van der Waals surface area contributed by atoms with Crippen LogP contribution in [0.1, 0.15) is 80.4 Å². The van der Waals surface area contributed by atoms with Crippen molar-refractivity contribution in [1.29, 1.82) is 0 Å². The summed E-state index contributed by atoms with van der Waals surface area (Å²) in [4.78, 5) is 29.3. The Morgan fingerprint density at radius 2 is 1.76 bits per heavy atom. The third-order valence-electron chi connectivity index (χ3n) is 6.76. The molecule has 10 nitrogen and oxygen atoms in total. The molecule has 244 valence electrons. The second-order valence-corrected chi connectivity index (χ2v) is 11.4. The number of nitrogens with one attached hydrogen (secondary N) is 1. The van der Waals surface area contributed by atoms with Crippen LogP contribution in [0, 0.1) is 0 Å². The third-order valence-corrected chi connectivity index (χ3v) is 6.76. The Kier molecular flexibility index (Phi) is 9.59. The van der Waals surface area contributed by atoms with E-state index < -0.39 is 102 Å². The fourth-order valence-corrected chi connectivity index (χ4v) is 4.59. The average molecular weight is 645 g/mol. The summed E-state index contributed by atoms with van der Waals surface area (Å²) in [6.45, 7) is 3.92. The molecule has 3 heterocycles. The van der Waals surface area contributed by atoms with Gasteiger partial charge in [0.25, 0.3) is 11.8 Å². The molecule has 1 aliphatic heterocycles. The van der Waals surface area contributed by atoms with Gasteiger partial charge in [-0.25, -0.2) is 9.78 Å². The molecule has 1 amide bonds. The molecule has 2 aromatic heterocycles. The maximum absolute atomic E-state index is 14.9. The Balaban J connectivity index is 1.92. The fraction of sp³-hybridized carbons (Fsp3) is 0.483. The van der Waals surface area contributed by atoms with Gasteiger partial charge in [0, 0.05) is 6.42 Å². The number of fused-ring (bicyclic) bond motifs is 5. The number of hydrogen-bond acceptors (Lipinski definition) is 9. The van der Waals surface area contributed by atoms with Crippen molar-refractivity contribution in [3.8, 4) is 11.6 Å². The predicted molar refractivity (Wildman–Crippen MR) is 145 cm³/mol. The Morgan fingerprint density at radius 1 is 1.07 bits per heavy atom. The second kappa shape index (κ2) is 12.7. The number of hydrogen-bond donors (Lipinski definition) is 2. The Hall–Kier alpha value is -4.05. The van der Waals surface area contributed by atoms with Gasteiger partial charge in [-0.05, 0) is 58.1 Å². The number of amides is 1. The number of halogens is 6. The molecule has 2 atom stereocenters. The molecule has 0 saturated carbocycles. The van der Waals surface area contributed by atoms with Gasteiger partial charge in [-0.2, -0.15) is 26.3 Å². The summed E-state index contributed by atoms with van der Waals surface area (Å²) >= 11 is 0. The monoisotopic (exact) mass is 644 g/mol. The largest absolute Gasteiger partial charge is 0.444 e. The molecule has 0 saturated heterocycles. The van der Waals surface area contributed by atoms with E-state index in [1.807, 2.05) is 0 Å². The number of rotatable bonds is 4. The Morgan fingerprint density at radius 3 is 2.38 bits per heavy atom. The molecule has 45 heavy (non-hydrogen) atoms. The number of aliphatic hydroxyl groups is 1. The summed E-state index contributed by atoms with van der Waals surface area (Å²) in [6, 6.07) is 8.29. The first-order valence-electron chi connectivity index (χ1n) is 13.8. The normalized spacial score (nSPS) is 20.0. The molecule has 4 bridgehead atoms. The summed E-state index contributed by atoms with van der Waals surface area (Å²) in [6.07, 6.45) is -15.2. The quantitative estimate of drug-likeness (QED) is 0.288. The molecular weight excluding hydrogens is 614 g/mol. The summed E-state index contributed by atoms with van der Waals surface area (Å²) in [5.74, 6) is -3.02. The predicted octanol–water partition coefficient (Wildman–Crippen LogP) is 6.98. The minimum atomic E-state index is -5.19. The van der Waals surface area contributed by atoms with E-state index in [-0.39, 0.29) is 12.8 Å². The van der Waals surface area contributed by atoms with E-state index in [1.165, 1.54) is 32.9 Å². The summed E-state index contributed by atoms with van der Waals surface area (Å²) in [7, 11) is 0.